The maximum absolute atomic E-state index is 12.8. The minimum Gasteiger partial charge on any atom is -0.382 e. The number of rotatable bonds is 4. The molecule has 27 heavy (non-hydrogen) atoms. The summed E-state index contributed by atoms with van der Waals surface area (Å²) in [5.41, 5.74) is 10.3. The molecule has 0 saturated heterocycles. The lowest BCUT2D eigenvalue weighted by Crippen LogP contribution is -2.19. The molecule has 0 bridgehead atoms. The van der Waals surface area contributed by atoms with Gasteiger partial charge >= 0.3 is 0 Å². The van der Waals surface area contributed by atoms with Crippen molar-refractivity contribution in [2.24, 2.45) is 16.6 Å². The summed E-state index contributed by atoms with van der Waals surface area (Å²) >= 11 is 0. The zero-order valence-electron chi connectivity index (χ0n) is 15.6. The van der Waals surface area contributed by atoms with Crippen molar-refractivity contribution in [3.8, 4) is 11.3 Å². The van der Waals surface area contributed by atoms with Crippen LogP contribution in [0.2, 0.25) is 0 Å². The first-order chi connectivity index (χ1) is 12.9. The van der Waals surface area contributed by atoms with E-state index in [1.54, 1.807) is 12.1 Å². The molecule has 6 heteroatoms. The first-order valence-corrected chi connectivity index (χ1v) is 11.2. The summed E-state index contributed by atoms with van der Waals surface area (Å²) in [5, 5.41) is 0. The molecule has 1 fully saturated rings. The Morgan fingerprint density at radius 2 is 1.89 bits per heavy atom. The Kier molecular flexibility index (Phi) is 4.76. The van der Waals surface area contributed by atoms with Gasteiger partial charge in [0, 0.05) is 11.1 Å². The van der Waals surface area contributed by atoms with E-state index >= 15 is 0 Å². The van der Waals surface area contributed by atoms with Crippen molar-refractivity contribution in [3.05, 3.63) is 47.2 Å². The highest BCUT2D eigenvalue weighted by Crippen LogP contribution is 2.30. The van der Waals surface area contributed by atoms with Gasteiger partial charge in [-0.15, -0.1) is 0 Å². The molecule has 2 N–H and O–H groups in total. The van der Waals surface area contributed by atoms with E-state index in [1.807, 2.05) is 25.1 Å². The van der Waals surface area contributed by atoms with E-state index in [9.17, 15) is 8.42 Å². The number of sulfone groups is 1. The number of fused-ring (bicyclic) bond motifs is 1. The van der Waals surface area contributed by atoms with Gasteiger partial charge < -0.3 is 5.73 Å². The number of aromatic nitrogens is 1. The Hall–Kier alpha value is -2.21. The average Bonchev–Trinajstić information content (AvgIpc) is 3.02. The van der Waals surface area contributed by atoms with Gasteiger partial charge in [-0.3, -0.25) is 4.99 Å². The van der Waals surface area contributed by atoms with Crippen LogP contribution in [0.3, 0.4) is 0 Å². The fourth-order valence-electron chi connectivity index (χ4n) is 4.11. The van der Waals surface area contributed by atoms with Crippen LogP contribution >= 0.6 is 0 Å². The lowest BCUT2D eigenvalue weighted by Gasteiger charge is -2.21. The van der Waals surface area contributed by atoms with Gasteiger partial charge in [-0.2, -0.15) is 0 Å². The van der Waals surface area contributed by atoms with Gasteiger partial charge in [-0.25, -0.2) is 13.4 Å². The van der Waals surface area contributed by atoms with E-state index < -0.39 is 9.84 Å². The van der Waals surface area contributed by atoms with Crippen LogP contribution in [0.15, 0.2) is 40.2 Å². The Labute approximate surface area is 160 Å². The number of nitrogens with zero attached hydrogens (tertiary/aromatic N) is 2. The lowest BCUT2D eigenvalue weighted by atomic mass is 9.91. The highest BCUT2D eigenvalue weighted by Gasteiger charge is 2.24. The molecule has 0 radical (unpaired) electrons. The molecule has 1 aromatic carbocycles. The third-order valence-electron chi connectivity index (χ3n) is 5.65. The van der Waals surface area contributed by atoms with E-state index in [-0.39, 0.29) is 5.75 Å². The monoisotopic (exact) mass is 383 g/mol. The van der Waals surface area contributed by atoms with Crippen LogP contribution in [0.4, 0.5) is 0 Å². The molecule has 0 amide bonds. The van der Waals surface area contributed by atoms with Crippen LogP contribution in [-0.4, -0.2) is 25.0 Å². The summed E-state index contributed by atoms with van der Waals surface area (Å²) in [5.74, 6) is 1.02. The fourth-order valence-corrected chi connectivity index (χ4v) is 5.89. The molecule has 4 rings (SSSR count). The molecule has 2 aliphatic rings. The second kappa shape index (κ2) is 7.08. The standard InChI is InChI=1S/C21H25N3O2S/c1-14-11-17(27(25,26)13-15-5-3-2-4-6-15)8-9-18(14)19-10-7-16-12-23-21(22)20(16)24-19/h7-11,15H,2-6,12-13H2,1H3,(H2,22,23). The van der Waals surface area contributed by atoms with E-state index in [0.717, 1.165) is 53.8 Å². The van der Waals surface area contributed by atoms with Crippen molar-refractivity contribution in [2.45, 2.75) is 50.5 Å². The second-order valence-electron chi connectivity index (χ2n) is 7.67. The van der Waals surface area contributed by atoms with Crippen molar-refractivity contribution in [1.82, 2.24) is 4.98 Å². The van der Waals surface area contributed by atoms with Crippen molar-refractivity contribution < 1.29 is 8.42 Å². The maximum Gasteiger partial charge on any atom is 0.178 e. The topological polar surface area (TPSA) is 85.4 Å². The minimum atomic E-state index is -3.26. The predicted molar refractivity (Wildman–Crippen MR) is 107 cm³/mol. The van der Waals surface area contributed by atoms with Gasteiger partial charge in [-0.05, 0) is 49.4 Å². The molecule has 1 saturated carbocycles. The molecule has 1 aliphatic heterocycles. The SMILES string of the molecule is Cc1cc(S(=O)(=O)CC2CCCCC2)ccc1-c1ccc2c(n1)C(N)=NC2. The first kappa shape index (κ1) is 18.2. The number of amidine groups is 1. The summed E-state index contributed by atoms with van der Waals surface area (Å²) in [6.07, 6.45) is 5.58. The van der Waals surface area contributed by atoms with Crippen LogP contribution in [0, 0.1) is 12.8 Å². The van der Waals surface area contributed by atoms with Crippen molar-refractivity contribution in [3.63, 3.8) is 0 Å². The summed E-state index contributed by atoms with van der Waals surface area (Å²) in [6.45, 7) is 2.51. The largest absolute Gasteiger partial charge is 0.382 e. The van der Waals surface area contributed by atoms with E-state index in [1.165, 1.54) is 6.42 Å². The Bertz CT molecular complexity index is 1010. The fraction of sp³-hybridized carbons (Fsp3) is 0.429. The van der Waals surface area contributed by atoms with E-state index in [4.69, 9.17) is 5.73 Å². The molecular formula is C21H25N3O2S. The van der Waals surface area contributed by atoms with E-state index in [2.05, 4.69) is 9.98 Å². The van der Waals surface area contributed by atoms with Gasteiger partial charge in [0.05, 0.1) is 22.9 Å². The number of hydrogen-bond donors (Lipinski definition) is 1. The summed E-state index contributed by atoms with van der Waals surface area (Å²) in [6, 6.07) is 9.30. The minimum absolute atomic E-state index is 0.260. The number of hydrogen-bond acceptors (Lipinski definition) is 5. The Morgan fingerprint density at radius 3 is 2.63 bits per heavy atom. The molecule has 1 aliphatic carbocycles. The molecule has 0 spiro atoms. The summed E-state index contributed by atoms with van der Waals surface area (Å²) in [7, 11) is -3.26. The molecule has 0 atom stereocenters. The molecule has 142 valence electrons. The number of pyridine rings is 1. The third kappa shape index (κ3) is 3.63. The van der Waals surface area contributed by atoms with Crippen molar-refractivity contribution >= 4 is 15.7 Å². The molecule has 1 aromatic heterocycles. The summed E-state index contributed by atoms with van der Waals surface area (Å²) < 4.78 is 25.7. The van der Waals surface area contributed by atoms with Gasteiger partial charge in [0.15, 0.2) is 9.84 Å². The first-order valence-electron chi connectivity index (χ1n) is 9.58. The van der Waals surface area contributed by atoms with E-state index in [0.29, 0.717) is 23.2 Å². The normalized spacial score (nSPS) is 17.6. The average molecular weight is 384 g/mol. The third-order valence-corrected chi connectivity index (χ3v) is 7.54. The summed E-state index contributed by atoms with van der Waals surface area (Å²) in [4.78, 5) is 9.27. The van der Waals surface area contributed by atoms with Crippen molar-refractivity contribution in [1.29, 1.82) is 0 Å². The quantitative estimate of drug-likeness (QED) is 0.873. The van der Waals surface area contributed by atoms with Crippen LogP contribution in [0.1, 0.15) is 48.9 Å². The van der Waals surface area contributed by atoms with Crippen LogP contribution in [-0.2, 0) is 16.4 Å². The zero-order chi connectivity index (χ0) is 19.0. The van der Waals surface area contributed by atoms with Gasteiger partial charge in [-0.1, -0.05) is 31.4 Å². The van der Waals surface area contributed by atoms with Crippen molar-refractivity contribution in [2.75, 3.05) is 5.75 Å². The molecule has 5 nitrogen and oxygen atoms in total. The molecule has 2 heterocycles. The maximum atomic E-state index is 12.8. The van der Waals surface area contributed by atoms with Crippen LogP contribution in [0.5, 0.6) is 0 Å². The van der Waals surface area contributed by atoms with Gasteiger partial charge in [0.2, 0.25) is 0 Å². The Morgan fingerprint density at radius 1 is 1.11 bits per heavy atom. The Balaban J connectivity index is 1.61. The smallest absolute Gasteiger partial charge is 0.178 e. The second-order valence-corrected chi connectivity index (χ2v) is 9.70. The highest BCUT2D eigenvalue weighted by atomic mass is 32.2. The number of nitrogens with two attached hydrogens (primary N) is 1. The lowest BCUT2D eigenvalue weighted by molar-refractivity contribution is 0.385. The predicted octanol–water partition coefficient (Wildman–Crippen LogP) is 3.63. The highest BCUT2D eigenvalue weighted by molar-refractivity contribution is 7.91. The molecule has 2 aromatic rings. The number of aliphatic imine (C=N–C) groups is 1. The zero-order valence-corrected chi connectivity index (χ0v) is 16.4. The van der Waals surface area contributed by atoms with Crippen LogP contribution in [0.25, 0.3) is 11.3 Å². The van der Waals surface area contributed by atoms with Gasteiger partial charge in [0.25, 0.3) is 0 Å². The van der Waals surface area contributed by atoms with Crippen LogP contribution < -0.4 is 5.73 Å². The molecule has 0 unspecified atom stereocenters. The molecular weight excluding hydrogens is 358 g/mol. The number of benzene rings is 1. The van der Waals surface area contributed by atoms with Gasteiger partial charge in [0.1, 0.15) is 11.5 Å². The number of aryl methyl sites for hydroxylation is 1.